The summed E-state index contributed by atoms with van der Waals surface area (Å²) in [7, 11) is 0. The van der Waals surface area contributed by atoms with Crippen LogP contribution in [0.4, 0.5) is 11.5 Å². The van der Waals surface area contributed by atoms with Crippen LogP contribution >= 0.6 is 0 Å². The van der Waals surface area contributed by atoms with Gasteiger partial charge in [0.15, 0.2) is 5.69 Å². The van der Waals surface area contributed by atoms with E-state index in [0.717, 1.165) is 5.56 Å². The second-order valence-corrected chi connectivity index (χ2v) is 6.57. The zero-order chi connectivity index (χ0) is 20.0. The van der Waals surface area contributed by atoms with Gasteiger partial charge in [0.1, 0.15) is 5.82 Å². The van der Waals surface area contributed by atoms with Gasteiger partial charge in [-0.15, -0.1) is 0 Å². The summed E-state index contributed by atoms with van der Waals surface area (Å²) in [4.78, 5) is 41.6. The first-order valence-electron chi connectivity index (χ1n) is 9.42. The maximum atomic E-state index is 13.0. The van der Waals surface area contributed by atoms with Crippen LogP contribution in [0.2, 0.25) is 0 Å². The van der Waals surface area contributed by atoms with Gasteiger partial charge in [-0.2, -0.15) is 0 Å². The number of aromatic nitrogens is 2. The molecule has 0 radical (unpaired) electrons. The number of hydrogen-bond donors (Lipinski definition) is 2. The number of nitrogen functional groups attached to an aromatic ring is 1. The highest BCUT2D eigenvalue weighted by Gasteiger charge is 2.27. The molecular weight excluding hydrogens is 344 g/mol. The molecule has 0 spiro atoms. The van der Waals surface area contributed by atoms with E-state index in [1.165, 1.54) is 9.47 Å². The van der Waals surface area contributed by atoms with E-state index in [0.29, 0.717) is 25.8 Å². The third kappa shape index (κ3) is 4.48. The van der Waals surface area contributed by atoms with E-state index >= 15 is 0 Å². The zero-order valence-electron chi connectivity index (χ0n) is 16.2. The molecule has 2 rings (SSSR count). The van der Waals surface area contributed by atoms with Crippen LogP contribution in [-0.2, 0) is 11.3 Å². The molecule has 0 aliphatic carbocycles. The van der Waals surface area contributed by atoms with Crippen molar-refractivity contribution in [2.24, 2.45) is 5.92 Å². The molecule has 0 saturated carbocycles. The number of aromatic amines is 1. The summed E-state index contributed by atoms with van der Waals surface area (Å²) < 4.78 is 1.30. The Kier molecular flexibility index (Phi) is 6.98. The van der Waals surface area contributed by atoms with Crippen LogP contribution in [0.5, 0.6) is 0 Å². The molecule has 0 saturated heterocycles. The largest absolute Gasteiger partial charge is 0.383 e. The van der Waals surface area contributed by atoms with E-state index in [9.17, 15) is 14.4 Å². The maximum absolute atomic E-state index is 13.0. The normalized spacial score (nSPS) is 11.0. The number of anilines is 2. The molecule has 0 aliphatic heterocycles. The van der Waals surface area contributed by atoms with Crippen molar-refractivity contribution < 1.29 is 4.79 Å². The molecular formula is C20H28N4O3. The van der Waals surface area contributed by atoms with Crippen LogP contribution in [-0.4, -0.2) is 22.0 Å². The number of nitrogens with zero attached hydrogens (tertiary/aromatic N) is 2. The Morgan fingerprint density at radius 1 is 1.15 bits per heavy atom. The molecule has 3 N–H and O–H groups in total. The molecule has 0 fully saturated rings. The Morgan fingerprint density at radius 2 is 1.78 bits per heavy atom. The summed E-state index contributed by atoms with van der Waals surface area (Å²) in [5, 5.41) is 0. The summed E-state index contributed by atoms with van der Waals surface area (Å²) >= 11 is 0. The van der Waals surface area contributed by atoms with Crippen molar-refractivity contribution in [1.29, 1.82) is 0 Å². The maximum Gasteiger partial charge on any atom is 0.330 e. The Hall–Kier alpha value is -2.83. The Morgan fingerprint density at radius 3 is 2.33 bits per heavy atom. The minimum atomic E-state index is -0.630. The van der Waals surface area contributed by atoms with E-state index in [1.54, 1.807) is 0 Å². The fraction of sp³-hybridized carbons (Fsp3) is 0.450. The van der Waals surface area contributed by atoms with E-state index in [-0.39, 0.29) is 29.9 Å². The third-order valence-corrected chi connectivity index (χ3v) is 4.72. The fourth-order valence-electron chi connectivity index (χ4n) is 3.18. The number of benzene rings is 1. The second kappa shape index (κ2) is 9.21. The highest BCUT2D eigenvalue weighted by atomic mass is 16.2. The number of carbonyl (C=O) groups is 1. The van der Waals surface area contributed by atoms with Gasteiger partial charge in [0, 0.05) is 12.5 Å². The SMILES string of the molecule is CCCN(C(=O)C(CC)CC)c1c(N)n(Cc2ccccc2)c(=O)[nH]c1=O. The van der Waals surface area contributed by atoms with Crippen molar-refractivity contribution in [3.05, 3.63) is 56.7 Å². The molecule has 1 amide bonds. The van der Waals surface area contributed by atoms with Crippen LogP contribution in [0.1, 0.15) is 45.6 Å². The molecule has 146 valence electrons. The van der Waals surface area contributed by atoms with Gasteiger partial charge in [-0.3, -0.25) is 19.1 Å². The molecule has 0 aliphatic rings. The van der Waals surface area contributed by atoms with E-state index < -0.39 is 11.2 Å². The predicted octanol–water partition coefficient (Wildman–Crippen LogP) is 2.35. The number of amides is 1. The number of hydrogen-bond acceptors (Lipinski definition) is 4. The number of rotatable bonds is 8. The molecule has 1 aromatic carbocycles. The van der Waals surface area contributed by atoms with Crippen LogP contribution in [0, 0.1) is 5.92 Å². The summed E-state index contributed by atoms with van der Waals surface area (Å²) in [6.45, 7) is 6.40. The van der Waals surface area contributed by atoms with Crippen molar-refractivity contribution in [2.75, 3.05) is 17.2 Å². The first-order chi connectivity index (χ1) is 12.9. The highest BCUT2D eigenvalue weighted by Crippen LogP contribution is 2.22. The number of carbonyl (C=O) groups excluding carboxylic acids is 1. The lowest BCUT2D eigenvalue weighted by molar-refractivity contribution is -0.122. The van der Waals surface area contributed by atoms with Crippen LogP contribution in [0.3, 0.4) is 0 Å². The van der Waals surface area contributed by atoms with Gasteiger partial charge in [0.25, 0.3) is 5.56 Å². The first kappa shape index (κ1) is 20.5. The summed E-state index contributed by atoms with van der Waals surface area (Å²) in [5.41, 5.74) is 5.95. The molecule has 7 heteroatoms. The lowest BCUT2D eigenvalue weighted by Crippen LogP contribution is -2.43. The Labute approximate surface area is 158 Å². The molecule has 27 heavy (non-hydrogen) atoms. The molecule has 0 unspecified atom stereocenters. The summed E-state index contributed by atoms with van der Waals surface area (Å²) in [5.74, 6) is -0.311. The summed E-state index contributed by atoms with van der Waals surface area (Å²) in [6, 6.07) is 9.35. The van der Waals surface area contributed by atoms with Gasteiger partial charge >= 0.3 is 5.69 Å². The number of H-pyrrole nitrogens is 1. The second-order valence-electron chi connectivity index (χ2n) is 6.57. The monoisotopic (exact) mass is 372 g/mol. The average Bonchev–Trinajstić information content (AvgIpc) is 2.66. The van der Waals surface area contributed by atoms with E-state index in [1.807, 2.05) is 51.1 Å². The standard InChI is InChI=1S/C20H28N4O3/c1-4-12-23(19(26)15(5-2)6-3)16-17(21)24(20(27)22-18(16)25)13-14-10-8-7-9-11-14/h7-11,15H,4-6,12-13,21H2,1-3H3,(H,22,25,27). The molecule has 1 aromatic heterocycles. The van der Waals surface area contributed by atoms with Crippen LogP contribution in [0.25, 0.3) is 0 Å². The lowest BCUT2D eigenvalue weighted by Gasteiger charge is -2.27. The number of nitrogens with one attached hydrogen (secondary N) is 1. The van der Waals surface area contributed by atoms with Gasteiger partial charge in [0.05, 0.1) is 6.54 Å². The molecule has 7 nitrogen and oxygen atoms in total. The number of nitrogens with two attached hydrogens (primary N) is 1. The minimum Gasteiger partial charge on any atom is -0.383 e. The minimum absolute atomic E-state index is 0.0142. The van der Waals surface area contributed by atoms with Crippen molar-refractivity contribution >= 4 is 17.4 Å². The topological polar surface area (TPSA) is 101 Å². The third-order valence-electron chi connectivity index (χ3n) is 4.72. The van der Waals surface area contributed by atoms with Crippen molar-refractivity contribution in [3.63, 3.8) is 0 Å². The predicted molar refractivity (Wildman–Crippen MR) is 108 cm³/mol. The molecule has 1 heterocycles. The van der Waals surface area contributed by atoms with Crippen LogP contribution in [0.15, 0.2) is 39.9 Å². The quantitative estimate of drug-likeness (QED) is 0.742. The van der Waals surface area contributed by atoms with Crippen molar-refractivity contribution in [1.82, 2.24) is 9.55 Å². The Balaban J connectivity index is 2.56. The van der Waals surface area contributed by atoms with Crippen molar-refractivity contribution in [3.8, 4) is 0 Å². The van der Waals surface area contributed by atoms with Gasteiger partial charge in [-0.05, 0) is 24.8 Å². The van der Waals surface area contributed by atoms with Gasteiger partial charge in [-0.25, -0.2) is 4.79 Å². The Bertz CT molecular complexity index is 882. The van der Waals surface area contributed by atoms with E-state index in [2.05, 4.69) is 4.98 Å². The molecule has 0 atom stereocenters. The van der Waals surface area contributed by atoms with Crippen molar-refractivity contribution in [2.45, 2.75) is 46.6 Å². The zero-order valence-corrected chi connectivity index (χ0v) is 16.2. The van der Waals surface area contributed by atoms with Gasteiger partial charge in [0.2, 0.25) is 5.91 Å². The van der Waals surface area contributed by atoms with E-state index in [4.69, 9.17) is 5.73 Å². The van der Waals surface area contributed by atoms with Gasteiger partial charge < -0.3 is 10.6 Å². The van der Waals surface area contributed by atoms with Gasteiger partial charge in [-0.1, -0.05) is 51.1 Å². The highest BCUT2D eigenvalue weighted by molar-refractivity contribution is 5.97. The lowest BCUT2D eigenvalue weighted by atomic mass is 10.0. The molecule has 0 bridgehead atoms. The average molecular weight is 372 g/mol. The first-order valence-corrected chi connectivity index (χ1v) is 9.42. The van der Waals surface area contributed by atoms with Crippen LogP contribution < -0.4 is 21.9 Å². The fourth-order valence-corrected chi connectivity index (χ4v) is 3.18. The molecule has 2 aromatic rings. The summed E-state index contributed by atoms with van der Waals surface area (Å²) in [6.07, 6.45) is 2.02. The smallest absolute Gasteiger partial charge is 0.330 e.